The number of rotatable bonds is 5. The molecule has 1 fully saturated rings. The van der Waals surface area contributed by atoms with Crippen LogP contribution in [0.1, 0.15) is 11.1 Å². The second-order valence-corrected chi connectivity index (χ2v) is 9.17. The van der Waals surface area contributed by atoms with E-state index in [1.54, 1.807) is 36.4 Å². The number of thioether (sulfide) groups is 1. The number of pyridine rings is 1. The van der Waals surface area contributed by atoms with Gasteiger partial charge in [0, 0.05) is 6.20 Å². The van der Waals surface area contributed by atoms with Gasteiger partial charge in [0.15, 0.2) is 11.6 Å². The molecule has 2 aromatic carbocycles. The molecule has 35 heavy (non-hydrogen) atoms. The molecule has 1 amide bonds. The van der Waals surface area contributed by atoms with Crippen LogP contribution < -0.4 is 10.3 Å². The quantitative estimate of drug-likeness (QED) is 0.275. The SMILES string of the molecule is O=C1/C(=C\c2c(Oc3ccccc3F)nc3ccccn3c2=O)SC(=S)N1Cc1ccc(F)cc1. The predicted octanol–water partition coefficient (Wildman–Crippen LogP) is 5.17. The van der Waals surface area contributed by atoms with Crippen LogP contribution in [0.3, 0.4) is 0 Å². The lowest BCUT2D eigenvalue weighted by atomic mass is 10.2. The van der Waals surface area contributed by atoms with Gasteiger partial charge < -0.3 is 4.74 Å². The van der Waals surface area contributed by atoms with Gasteiger partial charge in [-0.2, -0.15) is 4.98 Å². The molecule has 1 aliphatic heterocycles. The first kappa shape index (κ1) is 22.9. The number of benzene rings is 2. The molecule has 3 heterocycles. The van der Waals surface area contributed by atoms with Crippen LogP contribution in [-0.4, -0.2) is 24.5 Å². The number of aromatic nitrogens is 2. The van der Waals surface area contributed by atoms with Gasteiger partial charge in [0.1, 0.15) is 21.3 Å². The molecule has 0 saturated carbocycles. The lowest BCUT2D eigenvalue weighted by molar-refractivity contribution is -0.122. The second kappa shape index (κ2) is 9.40. The van der Waals surface area contributed by atoms with E-state index in [9.17, 15) is 18.4 Å². The number of carbonyl (C=O) groups is 1. The van der Waals surface area contributed by atoms with Crippen molar-refractivity contribution in [2.45, 2.75) is 6.54 Å². The Bertz CT molecular complexity index is 1570. The topological polar surface area (TPSA) is 63.9 Å². The van der Waals surface area contributed by atoms with E-state index in [-0.39, 0.29) is 38.8 Å². The minimum absolute atomic E-state index is 0.0285. The maximum Gasteiger partial charge on any atom is 0.269 e. The zero-order valence-corrected chi connectivity index (χ0v) is 19.5. The summed E-state index contributed by atoms with van der Waals surface area (Å²) in [6.45, 7) is 0.149. The number of carbonyl (C=O) groups excluding carboxylic acids is 1. The van der Waals surface area contributed by atoms with Gasteiger partial charge in [0.2, 0.25) is 5.88 Å². The first-order valence-electron chi connectivity index (χ1n) is 10.3. The van der Waals surface area contributed by atoms with Crippen molar-refractivity contribution in [2.24, 2.45) is 0 Å². The molecule has 0 N–H and O–H groups in total. The average Bonchev–Trinajstić information content (AvgIpc) is 3.11. The largest absolute Gasteiger partial charge is 0.435 e. The van der Waals surface area contributed by atoms with Crippen molar-refractivity contribution in [1.29, 1.82) is 0 Å². The average molecular weight is 508 g/mol. The zero-order chi connectivity index (χ0) is 24.5. The Labute approximate surface area is 207 Å². The summed E-state index contributed by atoms with van der Waals surface area (Å²) < 4.78 is 34.8. The van der Waals surface area contributed by atoms with E-state index in [1.165, 1.54) is 51.9 Å². The number of halogens is 2. The molecule has 10 heteroatoms. The Kier molecular flexibility index (Phi) is 6.14. The van der Waals surface area contributed by atoms with Gasteiger partial charge in [-0.25, -0.2) is 8.78 Å². The van der Waals surface area contributed by atoms with Gasteiger partial charge in [-0.3, -0.25) is 18.9 Å². The van der Waals surface area contributed by atoms with Gasteiger partial charge in [-0.15, -0.1) is 0 Å². The van der Waals surface area contributed by atoms with Crippen molar-refractivity contribution in [2.75, 3.05) is 0 Å². The molecule has 4 aromatic rings. The lowest BCUT2D eigenvalue weighted by Crippen LogP contribution is -2.27. The molecule has 0 atom stereocenters. The van der Waals surface area contributed by atoms with E-state index >= 15 is 0 Å². The maximum atomic E-state index is 14.3. The van der Waals surface area contributed by atoms with Crippen LogP contribution in [0, 0.1) is 11.6 Å². The van der Waals surface area contributed by atoms with E-state index in [0.29, 0.717) is 11.2 Å². The number of hydrogen-bond acceptors (Lipinski definition) is 6. The van der Waals surface area contributed by atoms with Crippen molar-refractivity contribution in [1.82, 2.24) is 14.3 Å². The van der Waals surface area contributed by atoms with Crippen LogP contribution in [0.2, 0.25) is 0 Å². The highest BCUT2D eigenvalue weighted by atomic mass is 32.2. The van der Waals surface area contributed by atoms with Crippen molar-refractivity contribution < 1.29 is 18.3 Å². The van der Waals surface area contributed by atoms with Crippen LogP contribution in [0.25, 0.3) is 11.7 Å². The van der Waals surface area contributed by atoms with Crippen LogP contribution in [0.5, 0.6) is 11.6 Å². The highest BCUT2D eigenvalue weighted by molar-refractivity contribution is 8.26. The normalized spacial score (nSPS) is 14.8. The summed E-state index contributed by atoms with van der Waals surface area (Å²) in [5, 5.41) is 0. The van der Waals surface area contributed by atoms with Gasteiger partial charge in [0.05, 0.1) is 11.4 Å². The maximum absolute atomic E-state index is 14.3. The van der Waals surface area contributed by atoms with Crippen molar-refractivity contribution >= 4 is 45.9 Å². The van der Waals surface area contributed by atoms with Crippen molar-refractivity contribution in [3.63, 3.8) is 0 Å². The van der Waals surface area contributed by atoms with Crippen molar-refractivity contribution in [3.05, 3.63) is 111 Å². The third-order valence-electron chi connectivity index (χ3n) is 5.18. The van der Waals surface area contributed by atoms with Gasteiger partial charge in [-0.05, 0) is 48.0 Å². The summed E-state index contributed by atoms with van der Waals surface area (Å²) in [6.07, 6.45) is 2.89. The number of amides is 1. The molecule has 0 radical (unpaired) electrons. The van der Waals surface area contributed by atoms with Crippen LogP contribution in [-0.2, 0) is 11.3 Å². The number of para-hydroxylation sites is 1. The Morgan fingerprint density at radius 3 is 2.51 bits per heavy atom. The molecule has 1 aliphatic rings. The third-order valence-corrected chi connectivity index (χ3v) is 6.56. The van der Waals surface area contributed by atoms with E-state index < -0.39 is 17.3 Å². The van der Waals surface area contributed by atoms with Gasteiger partial charge >= 0.3 is 0 Å². The number of thiocarbonyl (C=S) groups is 1. The molecule has 5 rings (SSSR count). The van der Waals surface area contributed by atoms with Crippen LogP contribution in [0.15, 0.2) is 82.6 Å². The molecule has 1 saturated heterocycles. The number of nitrogens with zero attached hydrogens (tertiary/aromatic N) is 3. The molecular weight excluding hydrogens is 492 g/mol. The zero-order valence-electron chi connectivity index (χ0n) is 17.9. The summed E-state index contributed by atoms with van der Waals surface area (Å²) in [7, 11) is 0. The van der Waals surface area contributed by atoms with E-state index in [4.69, 9.17) is 17.0 Å². The first-order valence-corrected chi connectivity index (χ1v) is 11.6. The predicted molar refractivity (Wildman–Crippen MR) is 133 cm³/mol. The number of ether oxygens (including phenoxy) is 1. The summed E-state index contributed by atoms with van der Waals surface area (Å²) in [5.41, 5.74) is 0.467. The molecule has 0 bridgehead atoms. The van der Waals surface area contributed by atoms with Crippen molar-refractivity contribution in [3.8, 4) is 11.6 Å². The smallest absolute Gasteiger partial charge is 0.269 e. The molecule has 0 aliphatic carbocycles. The fraction of sp³-hybridized carbons (Fsp3) is 0.0400. The monoisotopic (exact) mass is 507 g/mol. The summed E-state index contributed by atoms with van der Waals surface area (Å²) >= 11 is 6.39. The van der Waals surface area contributed by atoms with Gasteiger partial charge in [-0.1, -0.05) is 54.3 Å². The molecule has 0 unspecified atom stereocenters. The number of fused-ring (bicyclic) bond motifs is 1. The Morgan fingerprint density at radius 1 is 1.00 bits per heavy atom. The summed E-state index contributed by atoms with van der Waals surface area (Å²) in [4.78, 5) is 32.4. The Morgan fingerprint density at radius 2 is 1.74 bits per heavy atom. The summed E-state index contributed by atoms with van der Waals surface area (Å²) in [5.74, 6) is -1.68. The minimum atomic E-state index is -0.626. The highest BCUT2D eigenvalue weighted by Crippen LogP contribution is 2.35. The lowest BCUT2D eigenvalue weighted by Gasteiger charge is -2.14. The standard InChI is InChI=1S/C25H15F2N3O3S2/c26-16-10-8-15(9-11-16)14-30-24(32)20(35-25(30)34)13-17-22(33-19-6-2-1-5-18(19)27)28-21-7-3-4-12-29(21)23(17)31/h1-13H,14H2/b20-13+. The first-order chi connectivity index (χ1) is 16.9. The fourth-order valence-corrected chi connectivity index (χ4v) is 4.69. The van der Waals surface area contributed by atoms with E-state index in [2.05, 4.69) is 4.98 Å². The number of hydrogen-bond donors (Lipinski definition) is 0. The fourth-order valence-electron chi connectivity index (χ4n) is 3.46. The molecule has 0 spiro atoms. The third kappa shape index (κ3) is 4.58. The molecule has 174 valence electrons. The Hall–Kier alpha value is -3.89. The van der Waals surface area contributed by atoms with Crippen LogP contribution in [0.4, 0.5) is 8.78 Å². The minimum Gasteiger partial charge on any atom is -0.435 e. The summed E-state index contributed by atoms with van der Waals surface area (Å²) in [6, 6.07) is 16.5. The van der Waals surface area contributed by atoms with Crippen LogP contribution >= 0.6 is 24.0 Å². The molecule has 6 nitrogen and oxygen atoms in total. The molecular formula is C25H15F2N3O3S2. The second-order valence-electron chi connectivity index (χ2n) is 7.49. The molecule has 2 aromatic heterocycles. The van der Waals surface area contributed by atoms with E-state index in [1.807, 2.05) is 0 Å². The van der Waals surface area contributed by atoms with Gasteiger partial charge in [0.25, 0.3) is 11.5 Å². The Balaban J connectivity index is 1.56. The highest BCUT2D eigenvalue weighted by Gasteiger charge is 2.33. The van der Waals surface area contributed by atoms with E-state index in [0.717, 1.165) is 11.8 Å².